The highest BCUT2D eigenvalue weighted by Gasteiger charge is 2.15. The van der Waals surface area contributed by atoms with Crippen molar-refractivity contribution in [3.63, 3.8) is 0 Å². The summed E-state index contributed by atoms with van der Waals surface area (Å²) in [5.41, 5.74) is 2.88. The molecule has 25 heavy (non-hydrogen) atoms. The zero-order valence-corrected chi connectivity index (χ0v) is 13.9. The van der Waals surface area contributed by atoms with Crippen molar-refractivity contribution in [1.29, 1.82) is 0 Å². The van der Waals surface area contributed by atoms with Gasteiger partial charge in [0.05, 0.1) is 5.69 Å². The molecule has 0 radical (unpaired) electrons. The van der Waals surface area contributed by atoms with Crippen molar-refractivity contribution in [2.45, 2.75) is 18.9 Å². The minimum Gasteiger partial charge on any atom is -0.367 e. The van der Waals surface area contributed by atoms with Crippen LogP contribution < -0.4 is 10.6 Å². The van der Waals surface area contributed by atoms with Crippen molar-refractivity contribution in [3.05, 3.63) is 55.1 Å². The third-order valence-electron chi connectivity index (χ3n) is 4.33. The molecule has 126 valence electrons. The monoisotopic (exact) mass is 332 g/mol. The van der Waals surface area contributed by atoms with Gasteiger partial charge in [-0.2, -0.15) is 0 Å². The van der Waals surface area contributed by atoms with Crippen LogP contribution in [0.2, 0.25) is 0 Å². The second-order valence-corrected chi connectivity index (χ2v) is 6.10. The highest BCUT2D eigenvalue weighted by molar-refractivity contribution is 5.67. The Morgan fingerprint density at radius 3 is 2.16 bits per heavy atom. The van der Waals surface area contributed by atoms with E-state index in [9.17, 15) is 0 Å². The van der Waals surface area contributed by atoms with Crippen LogP contribution in [0.15, 0.2) is 55.1 Å². The van der Waals surface area contributed by atoms with Gasteiger partial charge in [0, 0.05) is 48.0 Å². The Balaban J connectivity index is 1.72. The molecule has 1 fully saturated rings. The largest absolute Gasteiger partial charge is 0.367 e. The highest BCUT2D eigenvalue weighted by Crippen LogP contribution is 2.24. The Morgan fingerprint density at radius 2 is 1.48 bits per heavy atom. The third-order valence-corrected chi connectivity index (χ3v) is 4.33. The van der Waals surface area contributed by atoms with E-state index in [1.54, 1.807) is 24.8 Å². The first kappa shape index (κ1) is 15.7. The summed E-state index contributed by atoms with van der Waals surface area (Å²) in [6.45, 7) is 2.08. The summed E-state index contributed by atoms with van der Waals surface area (Å²) in [4.78, 5) is 17.7. The van der Waals surface area contributed by atoms with Gasteiger partial charge < -0.3 is 10.6 Å². The van der Waals surface area contributed by atoms with Gasteiger partial charge in [0.2, 0.25) is 0 Å². The highest BCUT2D eigenvalue weighted by atomic mass is 15.1. The SMILES string of the molecule is c1cc(-c2cc(NC3CCNCC3)nc(-c3ccncc3)n2)ccn1. The van der Waals surface area contributed by atoms with Gasteiger partial charge in [-0.3, -0.25) is 9.97 Å². The molecule has 0 aliphatic carbocycles. The van der Waals surface area contributed by atoms with E-state index < -0.39 is 0 Å². The van der Waals surface area contributed by atoms with Crippen molar-refractivity contribution in [2.75, 3.05) is 18.4 Å². The molecule has 0 atom stereocenters. The fourth-order valence-corrected chi connectivity index (χ4v) is 3.00. The molecule has 3 aromatic heterocycles. The number of pyridine rings is 2. The smallest absolute Gasteiger partial charge is 0.162 e. The fraction of sp³-hybridized carbons (Fsp3) is 0.263. The van der Waals surface area contributed by atoms with Gasteiger partial charge in [0.25, 0.3) is 0 Å². The van der Waals surface area contributed by atoms with Gasteiger partial charge in [-0.05, 0) is 50.2 Å². The molecule has 0 saturated carbocycles. The molecule has 3 aromatic rings. The molecule has 2 N–H and O–H groups in total. The molecule has 1 aliphatic heterocycles. The van der Waals surface area contributed by atoms with Gasteiger partial charge >= 0.3 is 0 Å². The van der Waals surface area contributed by atoms with E-state index in [0.29, 0.717) is 11.9 Å². The number of anilines is 1. The third kappa shape index (κ3) is 3.80. The molecule has 0 bridgehead atoms. The van der Waals surface area contributed by atoms with Gasteiger partial charge in [0.15, 0.2) is 5.82 Å². The Morgan fingerprint density at radius 1 is 0.840 bits per heavy atom. The van der Waals surface area contributed by atoms with E-state index in [4.69, 9.17) is 9.97 Å². The van der Waals surface area contributed by atoms with E-state index in [2.05, 4.69) is 20.6 Å². The molecule has 4 rings (SSSR count). The van der Waals surface area contributed by atoms with Crippen LogP contribution in [-0.2, 0) is 0 Å². The molecule has 0 aromatic carbocycles. The molecular formula is C19H20N6. The average Bonchev–Trinajstić information content (AvgIpc) is 2.70. The topological polar surface area (TPSA) is 75.6 Å². The molecule has 0 unspecified atom stereocenters. The predicted molar refractivity (Wildman–Crippen MR) is 98.0 cm³/mol. The van der Waals surface area contributed by atoms with Crippen molar-refractivity contribution in [1.82, 2.24) is 25.3 Å². The van der Waals surface area contributed by atoms with Crippen molar-refractivity contribution < 1.29 is 0 Å². The summed E-state index contributed by atoms with van der Waals surface area (Å²) in [6, 6.07) is 10.2. The maximum absolute atomic E-state index is 4.75. The summed E-state index contributed by atoms with van der Waals surface area (Å²) >= 11 is 0. The summed E-state index contributed by atoms with van der Waals surface area (Å²) < 4.78 is 0. The summed E-state index contributed by atoms with van der Waals surface area (Å²) in [5, 5.41) is 6.97. The fourth-order valence-electron chi connectivity index (χ4n) is 3.00. The van der Waals surface area contributed by atoms with E-state index >= 15 is 0 Å². The lowest BCUT2D eigenvalue weighted by Crippen LogP contribution is -2.35. The Bertz CT molecular complexity index is 758. The molecule has 1 aliphatic rings. The summed E-state index contributed by atoms with van der Waals surface area (Å²) in [7, 11) is 0. The lowest BCUT2D eigenvalue weighted by Gasteiger charge is -2.24. The van der Waals surface area contributed by atoms with Crippen LogP contribution in [0.3, 0.4) is 0 Å². The normalized spacial score (nSPS) is 15.0. The minimum atomic E-state index is 0.437. The summed E-state index contributed by atoms with van der Waals surface area (Å²) in [5.74, 6) is 1.56. The molecule has 6 nitrogen and oxygen atoms in total. The van der Waals surface area contributed by atoms with Gasteiger partial charge in [0.1, 0.15) is 5.82 Å². The van der Waals surface area contributed by atoms with Crippen molar-refractivity contribution in [2.24, 2.45) is 0 Å². The molecule has 1 saturated heterocycles. The lowest BCUT2D eigenvalue weighted by atomic mass is 10.1. The van der Waals surface area contributed by atoms with Crippen LogP contribution in [0.25, 0.3) is 22.6 Å². The zero-order chi connectivity index (χ0) is 16.9. The van der Waals surface area contributed by atoms with Gasteiger partial charge in [-0.1, -0.05) is 0 Å². The number of hydrogen-bond acceptors (Lipinski definition) is 6. The lowest BCUT2D eigenvalue weighted by molar-refractivity contribution is 0.478. The number of nitrogens with one attached hydrogen (secondary N) is 2. The van der Waals surface area contributed by atoms with Crippen LogP contribution in [0, 0.1) is 0 Å². The van der Waals surface area contributed by atoms with Crippen LogP contribution in [0.1, 0.15) is 12.8 Å². The Kier molecular flexibility index (Phi) is 4.61. The van der Waals surface area contributed by atoms with Crippen LogP contribution in [0.4, 0.5) is 5.82 Å². The average molecular weight is 332 g/mol. The number of rotatable bonds is 4. The maximum Gasteiger partial charge on any atom is 0.162 e. The van der Waals surface area contributed by atoms with Gasteiger partial charge in [-0.25, -0.2) is 9.97 Å². The number of piperidine rings is 1. The molecule has 0 amide bonds. The Labute approximate surface area is 146 Å². The van der Waals surface area contributed by atoms with E-state index in [-0.39, 0.29) is 0 Å². The molecule has 4 heterocycles. The van der Waals surface area contributed by atoms with Crippen molar-refractivity contribution in [3.8, 4) is 22.6 Å². The molecule has 0 spiro atoms. The van der Waals surface area contributed by atoms with E-state index in [1.807, 2.05) is 30.3 Å². The van der Waals surface area contributed by atoms with Crippen LogP contribution >= 0.6 is 0 Å². The standard InChI is InChI=1S/C19H20N6/c1-7-20-8-2-14(1)17-13-18(23-16-5-11-22-12-6-16)25-19(24-17)15-3-9-21-10-4-15/h1-4,7-10,13,16,22H,5-6,11-12H2,(H,23,24,25). The quantitative estimate of drug-likeness (QED) is 0.765. The number of nitrogens with zero attached hydrogens (tertiary/aromatic N) is 4. The maximum atomic E-state index is 4.75. The van der Waals surface area contributed by atoms with Gasteiger partial charge in [-0.15, -0.1) is 0 Å². The molecule has 6 heteroatoms. The first-order chi connectivity index (χ1) is 12.4. The first-order valence-electron chi connectivity index (χ1n) is 8.55. The second-order valence-electron chi connectivity index (χ2n) is 6.10. The van der Waals surface area contributed by atoms with E-state index in [1.165, 1.54) is 0 Å². The van der Waals surface area contributed by atoms with Crippen LogP contribution in [0.5, 0.6) is 0 Å². The first-order valence-corrected chi connectivity index (χ1v) is 8.55. The summed E-state index contributed by atoms with van der Waals surface area (Å²) in [6.07, 6.45) is 9.28. The second kappa shape index (κ2) is 7.36. The number of aromatic nitrogens is 4. The number of hydrogen-bond donors (Lipinski definition) is 2. The predicted octanol–water partition coefficient (Wildman–Crippen LogP) is 2.76. The van der Waals surface area contributed by atoms with Crippen LogP contribution in [-0.4, -0.2) is 39.1 Å². The van der Waals surface area contributed by atoms with Crippen molar-refractivity contribution >= 4 is 5.82 Å². The Hall–Kier alpha value is -2.86. The minimum absolute atomic E-state index is 0.437. The molecular weight excluding hydrogens is 312 g/mol. The zero-order valence-electron chi connectivity index (χ0n) is 13.9. The van der Waals surface area contributed by atoms with E-state index in [0.717, 1.165) is 48.6 Å².